The van der Waals surface area contributed by atoms with E-state index in [1.54, 1.807) is 18.2 Å². The Labute approximate surface area is 257 Å². The first kappa shape index (κ1) is 29.7. The monoisotopic (exact) mass is 602 g/mol. The zero-order valence-electron chi connectivity index (χ0n) is 22.6. The van der Waals surface area contributed by atoms with E-state index in [9.17, 15) is 29.8 Å². The van der Waals surface area contributed by atoms with Crippen molar-refractivity contribution < 1.29 is 17.6 Å². The zero-order valence-corrected chi connectivity index (χ0v) is 22.6. The van der Waals surface area contributed by atoms with Crippen LogP contribution >= 0.6 is 0 Å². The van der Waals surface area contributed by atoms with Crippen LogP contribution in [0.3, 0.4) is 0 Å². The molecule has 0 heterocycles. The largest absolute Gasteiger partial charge is 0.270 e. The fourth-order valence-corrected chi connectivity index (χ4v) is 5.37. The third-order valence-corrected chi connectivity index (χ3v) is 7.21. The van der Waals surface area contributed by atoms with E-state index >= 15 is 8.78 Å². The molecule has 5 rings (SSSR count). The van der Waals surface area contributed by atoms with Gasteiger partial charge in [0.05, 0.1) is 49.6 Å². The Morgan fingerprint density at radius 1 is 0.543 bits per heavy atom. The summed E-state index contributed by atoms with van der Waals surface area (Å²) >= 11 is 0. The summed E-state index contributed by atoms with van der Waals surface area (Å²) in [7, 11) is 0. The van der Waals surface area contributed by atoms with E-state index in [1.165, 1.54) is 12.1 Å². The lowest BCUT2D eigenvalue weighted by Crippen LogP contribution is -1.98. The summed E-state index contributed by atoms with van der Waals surface area (Å²) in [5.74, 6) is -4.80. The van der Waals surface area contributed by atoms with Gasteiger partial charge in [0.15, 0.2) is 0 Å². The number of nitrogens with zero attached hydrogens (tertiary/aromatic N) is 8. The molecule has 0 N–H and O–H groups in total. The lowest BCUT2D eigenvalue weighted by atomic mass is 9.90. The maximum absolute atomic E-state index is 15.3. The fraction of sp³-hybridized carbons (Fsp3) is 0. The van der Waals surface area contributed by atoms with Crippen LogP contribution in [0.25, 0.3) is 52.9 Å². The standard InChI is InChI=1S/C34H6F4N8/c1-43-27-8-21(25(37)10-26(27)38)33-32(29(14-42)45-3)18-7-17-16(6-19(18)34(33)46-4)22(12-40)30(31(17)28(13-41)44-2)20-5-15(11-39)23(35)9-24(20)36/h5-10H/b31-28+,32-29-. The molecule has 2 aliphatic rings. The van der Waals surface area contributed by atoms with Gasteiger partial charge in [0, 0.05) is 22.8 Å². The molecular weight excluding hydrogens is 596 g/mol. The molecule has 0 aromatic heterocycles. The average molecular weight is 602 g/mol. The average Bonchev–Trinajstić information content (AvgIpc) is 3.53. The third-order valence-electron chi connectivity index (χ3n) is 7.21. The van der Waals surface area contributed by atoms with Crippen LogP contribution in [0.5, 0.6) is 0 Å². The van der Waals surface area contributed by atoms with Crippen molar-refractivity contribution >= 4 is 39.2 Å². The van der Waals surface area contributed by atoms with Crippen molar-refractivity contribution in [2.24, 2.45) is 0 Å². The number of fused-ring (bicyclic) bond motifs is 2. The summed E-state index contributed by atoms with van der Waals surface area (Å²) in [5, 5.41) is 39.4. The second-order valence-corrected chi connectivity index (χ2v) is 9.35. The minimum absolute atomic E-state index is 0.0322. The minimum Gasteiger partial charge on any atom is -0.237 e. The van der Waals surface area contributed by atoms with Crippen molar-refractivity contribution in [2.45, 2.75) is 0 Å². The second kappa shape index (κ2) is 11.2. The highest BCUT2D eigenvalue weighted by atomic mass is 19.1. The SMILES string of the molecule is [C-]#[N+]C1=C(c2cc([N+]#[C-])c(F)cc2F)/C(=C(/C#N)[N+]#[C-])c2cc3c(cc21)C(C#N)=C(c1cc(C#N)c(F)cc1F)/C3=C(\C#N)[N+]#[C-]. The van der Waals surface area contributed by atoms with Gasteiger partial charge in [0.2, 0.25) is 11.4 Å². The number of hydrogen-bond donors (Lipinski definition) is 0. The summed E-state index contributed by atoms with van der Waals surface area (Å²) in [5.41, 5.74) is -5.44. The third kappa shape index (κ3) is 4.15. The van der Waals surface area contributed by atoms with Crippen LogP contribution in [-0.2, 0) is 0 Å². The van der Waals surface area contributed by atoms with Crippen LogP contribution in [0.4, 0.5) is 23.2 Å². The van der Waals surface area contributed by atoms with E-state index in [0.717, 1.165) is 12.1 Å². The molecule has 0 saturated carbocycles. The van der Waals surface area contributed by atoms with Crippen molar-refractivity contribution in [1.29, 1.82) is 21.0 Å². The summed E-state index contributed by atoms with van der Waals surface area (Å²) in [4.78, 5) is 12.9. The van der Waals surface area contributed by atoms with Gasteiger partial charge in [-0.2, -0.15) is 10.5 Å². The Bertz CT molecular complexity index is 2290. The lowest BCUT2D eigenvalue weighted by molar-refractivity contribution is 0.579. The molecule has 0 unspecified atom stereocenters. The molecule has 0 atom stereocenters. The first-order chi connectivity index (χ1) is 22.1. The summed E-state index contributed by atoms with van der Waals surface area (Å²) in [6.45, 7) is 30.4. The molecular formula is C34H6F4N8. The number of benzene rings is 3. The van der Waals surface area contributed by atoms with Gasteiger partial charge >= 0.3 is 0 Å². The van der Waals surface area contributed by atoms with Gasteiger partial charge in [-0.15, -0.1) is 0 Å². The van der Waals surface area contributed by atoms with Gasteiger partial charge in [0.1, 0.15) is 35.4 Å². The van der Waals surface area contributed by atoms with Gasteiger partial charge in [0.25, 0.3) is 11.4 Å². The topological polar surface area (TPSA) is 113 Å². The molecule has 0 fully saturated rings. The quantitative estimate of drug-likeness (QED) is 0.167. The van der Waals surface area contributed by atoms with Crippen molar-refractivity contribution in [3.63, 3.8) is 0 Å². The zero-order chi connectivity index (χ0) is 33.4. The molecule has 3 aromatic rings. The molecule has 12 heteroatoms. The molecule has 8 nitrogen and oxygen atoms in total. The van der Waals surface area contributed by atoms with E-state index in [-0.39, 0.29) is 55.8 Å². The summed E-state index contributed by atoms with van der Waals surface area (Å²) < 4.78 is 59.1. The molecule has 0 bridgehead atoms. The highest BCUT2D eigenvalue weighted by molar-refractivity contribution is 6.29. The van der Waals surface area contributed by atoms with Crippen molar-refractivity contribution in [2.75, 3.05) is 0 Å². The number of allylic oxidation sites excluding steroid dienone is 7. The smallest absolute Gasteiger partial charge is 0.237 e. The number of rotatable bonds is 2. The highest BCUT2D eigenvalue weighted by Gasteiger charge is 2.38. The van der Waals surface area contributed by atoms with E-state index in [4.69, 9.17) is 26.3 Å². The van der Waals surface area contributed by atoms with E-state index in [1.807, 2.05) is 6.07 Å². The van der Waals surface area contributed by atoms with Gasteiger partial charge in [-0.25, -0.2) is 47.5 Å². The van der Waals surface area contributed by atoms with Gasteiger partial charge in [-0.3, -0.25) is 0 Å². The first-order valence-electron chi connectivity index (χ1n) is 12.4. The number of nitriles is 4. The van der Waals surface area contributed by atoms with Crippen LogP contribution in [0.1, 0.15) is 38.9 Å². The summed E-state index contributed by atoms with van der Waals surface area (Å²) in [6, 6.07) is 11.8. The van der Waals surface area contributed by atoms with Gasteiger partial charge in [-0.1, -0.05) is 6.07 Å². The number of hydrogen-bond acceptors (Lipinski definition) is 4. The Hall–Kier alpha value is -7.74. The van der Waals surface area contributed by atoms with Crippen molar-refractivity contribution in [3.8, 4) is 24.3 Å². The van der Waals surface area contributed by atoms with Crippen LogP contribution < -0.4 is 0 Å². The Kier molecular flexibility index (Phi) is 7.21. The van der Waals surface area contributed by atoms with Crippen LogP contribution in [0.15, 0.2) is 47.8 Å². The molecule has 210 valence electrons. The molecule has 0 radical (unpaired) electrons. The van der Waals surface area contributed by atoms with E-state index < -0.39 is 57.0 Å². The van der Waals surface area contributed by atoms with Crippen LogP contribution in [0.2, 0.25) is 0 Å². The molecule has 0 saturated heterocycles. The minimum atomic E-state index is -1.22. The number of halogens is 4. The Balaban J connectivity index is 1.98. The maximum Gasteiger partial charge on any atom is 0.270 e. The van der Waals surface area contributed by atoms with Crippen molar-refractivity contribution in [3.05, 3.63) is 156 Å². The predicted octanol–water partition coefficient (Wildman–Crippen LogP) is 8.22. The second-order valence-electron chi connectivity index (χ2n) is 9.35. The van der Waals surface area contributed by atoms with E-state index in [0.29, 0.717) is 12.1 Å². The van der Waals surface area contributed by atoms with Crippen LogP contribution in [0, 0.1) is 94.9 Å². The van der Waals surface area contributed by atoms with Crippen LogP contribution in [-0.4, -0.2) is 0 Å². The first-order valence-corrected chi connectivity index (χ1v) is 12.4. The van der Waals surface area contributed by atoms with E-state index in [2.05, 4.69) is 19.4 Å². The molecule has 0 aliphatic heterocycles. The summed E-state index contributed by atoms with van der Waals surface area (Å²) in [6.07, 6.45) is 0. The molecule has 3 aromatic carbocycles. The highest BCUT2D eigenvalue weighted by Crippen LogP contribution is 2.55. The normalized spacial score (nSPS) is 14.7. The molecule has 2 aliphatic carbocycles. The van der Waals surface area contributed by atoms with Gasteiger partial charge < -0.3 is 0 Å². The fourth-order valence-electron chi connectivity index (χ4n) is 5.37. The van der Waals surface area contributed by atoms with Crippen molar-refractivity contribution in [1.82, 2.24) is 0 Å². The Morgan fingerprint density at radius 3 is 1.61 bits per heavy atom. The molecule has 0 spiro atoms. The molecule has 0 amide bonds. The predicted molar refractivity (Wildman–Crippen MR) is 154 cm³/mol. The lowest BCUT2D eigenvalue weighted by Gasteiger charge is -2.14. The maximum atomic E-state index is 15.3. The Morgan fingerprint density at radius 2 is 1.09 bits per heavy atom. The van der Waals surface area contributed by atoms with Gasteiger partial charge in [-0.05, 0) is 63.2 Å². The molecule has 46 heavy (non-hydrogen) atoms.